The molecular formula is C29H32N2O3S2. The van der Waals surface area contributed by atoms with Gasteiger partial charge in [0, 0.05) is 17.2 Å². The van der Waals surface area contributed by atoms with Crippen molar-refractivity contribution in [1.82, 2.24) is 4.90 Å². The van der Waals surface area contributed by atoms with E-state index in [2.05, 4.69) is 47.5 Å². The number of carbonyl (C=O) groups is 1. The molecule has 1 N–H and O–H groups in total. The molecular weight excluding hydrogens is 488 g/mol. The van der Waals surface area contributed by atoms with Crippen LogP contribution < -0.4 is 4.74 Å². The molecule has 7 heteroatoms. The van der Waals surface area contributed by atoms with Crippen molar-refractivity contribution in [2.24, 2.45) is 10.9 Å². The topological polar surface area (TPSA) is 62.1 Å². The summed E-state index contributed by atoms with van der Waals surface area (Å²) in [5.41, 5.74) is 2.33. The van der Waals surface area contributed by atoms with E-state index in [1.165, 1.54) is 23.3 Å². The van der Waals surface area contributed by atoms with Gasteiger partial charge < -0.3 is 14.7 Å². The zero-order valence-corrected chi connectivity index (χ0v) is 22.1. The summed E-state index contributed by atoms with van der Waals surface area (Å²) in [5, 5.41) is 12.7. The number of aliphatic imine (C=N–C) groups is 1. The van der Waals surface area contributed by atoms with Crippen LogP contribution in [-0.2, 0) is 13.1 Å². The van der Waals surface area contributed by atoms with E-state index in [4.69, 9.17) is 9.73 Å². The molecule has 36 heavy (non-hydrogen) atoms. The second-order valence-electron chi connectivity index (χ2n) is 9.70. The van der Waals surface area contributed by atoms with Crippen LogP contribution in [-0.4, -0.2) is 33.0 Å². The quantitative estimate of drug-likeness (QED) is 0.339. The fraction of sp³-hybridized carbons (Fsp3) is 0.379. The average Bonchev–Trinajstić information content (AvgIpc) is 3.58. The van der Waals surface area contributed by atoms with Gasteiger partial charge in [-0.25, -0.2) is 4.79 Å². The van der Waals surface area contributed by atoms with Gasteiger partial charge in [0.1, 0.15) is 5.75 Å². The van der Waals surface area contributed by atoms with Gasteiger partial charge in [-0.3, -0.25) is 4.99 Å². The van der Waals surface area contributed by atoms with E-state index < -0.39 is 5.97 Å². The second-order valence-corrected chi connectivity index (χ2v) is 11.7. The van der Waals surface area contributed by atoms with Gasteiger partial charge in [-0.05, 0) is 72.4 Å². The lowest BCUT2D eigenvalue weighted by molar-refractivity contribution is 0.0695. The Labute approximate surface area is 221 Å². The van der Waals surface area contributed by atoms with Gasteiger partial charge in [0.15, 0.2) is 5.17 Å². The Morgan fingerprint density at radius 1 is 1.03 bits per heavy atom. The molecule has 1 atom stereocenters. The molecule has 1 saturated carbocycles. The number of carboxylic acids is 1. The van der Waals surface area contributed by atoms with Crippen LogP contribution in [0.2, 0.25) is 0 Å². The summed E-state index contributed by atoms with van der Waals surface area (Å²) in [6, 6.07) is 19.9. The summed E-state index contributed by atoms with van der Waals surface area (Å²) in [7, 11) is 0. The molecule has 1 fully saturated rings. The Morgan fingerprint density at radius 3 is 2.53 bits per heavy atom. The second kappa shape index (κ2) is 11.5. The maximum Gasteiger partial charge on any atom is 0.336 e. The Kier molecular flexibility index (Phi) is 7.97. The lowest BCUT2D eigenvalue weighted by atomic mass is 9.89. The first-order valence-corrected chi connectivity index (χ1v) is 14.5. The maximum absolute atomic E-state index is 11.8. The molecule has 1 aliphatic carbocycles. The fourth-order valence-electron chi connectivity index (χ4n) is 4.87. The lowest BCUT2D eigenvalue weighted by Crippen LogP contribution is -2.27. The number of thioether (sulfide) groups is 1. The monoisotopic (exact) mass is 520 g/mol. The van der Waals surface area contributed by atoms with Crippen molar-refractivity contribution in [3.8, 4) is 5.75 Å². The molecule has 2 aromatic carbocycles. The van der Waals surface area contributed by atoms with E-state index in [-0.39, 0.29) is 6.04 Å². The Hall–Kier alpha value is -2.77. The van der Waals surface area contributed by atoms with Crippen molar-refractivity contribution in [3.63, 3.8) is 0 Å². The van der Waals surface area contributed by atoms with Crippen LogP contribution >= 0.6 is 23.1 Å². The number of rotatable bonds is 8. The first kappa shape index (κ1) is 24.9. The number of hydrogen-bond acceptors (Lipinski definition) is 6. The van der Waals surface area contributed by atoms with Crippen molar-refractivity contribution in [1.29, 1.82) is 0 Å². The first-order chi connectivity index (χ1) is 17.5. The third kappa shape index (κ3) is 6.13. The van der Waals surface area contributed by atoms with Gasteiger partial charge in [0.25, 0.3) is 0 Å². The first-order valence-electron chi connectivity index (χ1n) is 12.6. The maximum atomic E-state index is 11.8. The minimum atomic E-state index is -0.898. The number of aromatic carboxylic acids is 1. The molecule has 3 aromatic rings. The minimum Gasteiger partial charge on any atom is -0.490 e. The van der Waals surface area contributed by atoms with E-state index >= 15 is 0 Å². The van der Waals surface area contributed by atoms with Crippen molar-refractivity contribution in [2.45, 2.75) is 57.8 Å². The smallest absolute Gasteiger partial charge is 0.336 e. The Balaban J connectivity index is 1.30. The molecule has 2 aliphatic rings. The number of thiophene rings is 1. The van der Waals surface area contributed by atoms with Gasteiger partial charge >= 0.3 is 5.97 Å². The zero-order chi connectivity index (χ0) is 24.9. The molecule has 5 nitrogen and oxygen atoms in total. The highest BCUT2D eigenvalue weighted by Gasteiger charge is 2.26. The number of amidine groups is 1. The summed E-state index contributed by atoms with van der Waals surface area (Å²) >= 11 is 3.45. The van der Waals surface area contributed by atoms with Crippen molar-refractivity contribution in [2.75, 3.05) is 5.75 Å². The minimum absolute atomic E-state index is 0.0788. The molecule has 1 unspecified atom stereocenters. The van der Waals surface area contributed by atoms with Gasteiger partial charge in [0.2, 0.25) is 0 Å². The third-order valence-corrected chi connectivity index (χ3v) is 8.94. The highest BCUT2D eigenvalue weighted by atomic mass is 32.2. The predicted octanol–water partition coefficient (Wildman–Crippen LogP) is 7.25. The van der Waals surface area contributed by atoms with E-state index in [0.717, 1.165) is 41.0 Å². The van der Waals surface area contributed by atoms with Gasteiger partial charge in [-0.1, -0.05) is 55.1 Å². The summed E-state index contributed by atoms with van der Waals surface area (Å²) in [4.78, 5) is 20.3. The molecule has 0 saturated heterocycles. The summed E-state index contributed by atoms with van der Waals surface area (Å²) < 4.78 is 6.24. The van der Waals surface area contributed by atoms with Crippen molar-refractivity contribution < 1.29 is 14.6 Å². The molecule has 1 aromatic heterocycles. The average molecular weight is 521 g/mol. The standard InChI is InChI=1S/C29H32N2O3S2/c1-20-8-12-23(13-9-20)34-24-14-10-21(11-15-24)27-19-36-29(30-27)31(18-25-6-4-16-35-25)17-22-5-2-3-7-26(22)28(32)33/h2-7,10-11,14-16,20,23,27H,8-9,12-13,17-19H2,1H3,(H,32,33)/t20-,23+,27?. The highest BCUT2D eigenvalue weighted by Crippen LogP contribution is 2.35. The summed E-state index contributed by atoms with van der Waals surface area (Å²) in [5.74, 6) is 1.73. The number of hydrogen-bond donors (Lipinski definition) is 1. The fourth-order valence-corrected chi connectivity index (χ4v) is 6.67. The molecule has 0 bridgehead atoms. The lowest BCUT2D eigenvalue weighted by Gasteiger charge is -2.27. The van der Waals surface area contributed by atoms with Crippen LogP contribution in [0, 0.1) is 5.92 Å². The number of nitrogens with zero attached hydrogens (tertiary/aromatic N) is 2. The van der Waals surface area contributed by atoms with Gasteiger partial charge in [-0.15, -0.1) is 11.3 Å². The van der Waals surface area contributed by atoms with E-state index in [9.17, 15) is 9.90 Å². The highest BCUT2D eigenvalue weighted by molar-refractivity contribution is 8.14. The summed E-state index contributed by atoms with van der Waals surface area (Å²) in [6.07, 6.45) is 5.11. The van der Waals surface area contributed by atoms with Crippen molar-refractivity contribution in [3.05, 3.63) is 87.6 Å². The molecule has 1 aliphatic heterocycles. The SMILES string of the molecule is C[C@H]1CC[C@@H](Oc2ccc(C3CSC(N(Cc4cccs4)Cc4ccccc4C(=O)O)=N3)cc2)CC1. The van der Waals surface area contributed by atoms with Gasteiger partial charge in [-0.2, -0.15) is 0 Å². The Morgan fingerprint density at radius 2 is 1.81 bits per heavy atom. The van der Waals surface area contributed by atoms with Gasteiger partial charge in [0.05, 0.1) is 24.3 Å². The largest absolute Gasteiger partial charge is 0.490 e. The van der Waals surface area contributed by atoms with E-state index in [1.54, 1.807) is 35.2 Å². The van der Waals surface area contributed by atoms with E-state index in [0.29, 0.717) is 24.8 Å². The van der Waals surface area contributed by atoms with Crippen LogP contribution in [0.5, 0.6) is 5.75 Å². The third-order valence-electron chi connectivity index (χ3n) is 6.97. The van der Waals surface area contributed by atoms with Crippen LogP contribution in [0.4, 0.5) is 0 Å². The number of carboxylic acid groups (broad SMARTS) is 1. The van der Waals surface area contributed by atoms with Crippen LogP contribution in [0.1, 0.15) is 65.0 Å². The molecule has 0 amide bonds. The van der Waals surface area contributed by atoms with Crippen LogP contribution in [0.3, 0.4) is 0 Å². The predicted molar refractivity (Wildman–Crippen MR) is 148 cm³/mol. The number of ether oxygens (including phenoxy) is 1. The normalized spacial score (nSPS) is 21.7. The Bertz CT molecular complexity index is 1190. The molecule has 0 spiro atoms. The van der Waals surface area contributed by atoms with Crippen molar-refractivity contribution >= 4 is 34.2 Å². The molecule has 2 heterocycles. The van der Waals surface area contributed by atoms with E-state index in [1.807, 2.05) is 18.2 Å². The van der Waals surface area contributed by atoms with Crippen LogP contribution in [0.25, 0.3) is 0 Å². The molecule has 5 rings (SSSR count). The molecule has 0 radical (unpaired) electrons. The number of benzene rings is 2. The summed E-state index contributed by atoms with van der Waals surface area (Å²) in [6.45, 7) is 3.54. The zero-order valence-electron chi connectivity index (χ0n) is 20.5. The van der Waals surface area contributed by atoms with Crippen LogP contribution in [0.15, 0.2) is 71.0 Å². The molecule has 188 valence electrons.